The van der Waals surface area contributed by atoms with Crippen LogP contribution < -0.4 is 16.0 Å². The van der Waals surface area contributed by atoms with Crippen molar-refractivity contribution in [2.45, 2.75) is 45.4 Å². The van der Waals surface area contributed by atoms with Crippen molar-refractivity contribution in [1.82, 2.24) is 25.1 Å². The van der Waals surface area contributed by atoms with E-state index in [-0.39, 0.29) is 24.8 Å². The van der Waals surface area contributed by atoms with E-state index >= 15 is 0 Å². The maximum absolute atomic E-state index is 12.8. The second-order valence-corrected chi connectivity index (χ2v) is 9.56. The van der Waals surface area contributed by atoms with Gasteiger partial charge in [-0.25, -0.2) is 4.98 Å². The summed E-state index contributed by atoms with van der Waals surface area (Å²) in [7, 11) is 0. The summed E-state index contributed by atoms with van der Waals surface area (Å²) in [4.78, 5) is 21.9. The van der Waals surface area contributed by atoms with E-state index in [1.807, 2.05) is 48.1 Å². The largest absolute Gasteiger partial charge is 0.395 e. The predicted octanol–water partition coefficient (Wildman–Crippen LogP) is 3.25. The molecule has 5 rings (SSSR count). The first-order valence-corrected chi connectivity index (χ1v) is 12.4. The smallest absolute Gasteiger partial charge is 0.256 e. The lowest BCUT2D eigenvalue weighted by molar-refractivity contribution is 0.0944. The maximum Gasteiger partial charge on any atom is 0.256 e. The van der Waals surface area contributed by atoms with E-state index in [4.69, 9.17) is 5.11 Å². The number of amides is 1. The molecule has 37 heavy (non-hydrogen) atoms. The van der Waals surface area contributed by atoms with Crippen molar-refractivity contribution in [3.8, 4) is 0 Å². The molecule has 192 valence electrons. The van der Waals surface area contributed by atoms with Gasteiger partial charge in [0.2, 0.25) is 5.95 Å². The first-order valence-electron chi connectivity index (χ1n) is 12.4. The number of hydrogen-bond acceptors (Lipinski definition) is 8. The molecule has 4 aromatic rings. The first kappa shape index (κ1) is 24.7. The minimum Gasteiger partial charge on any atom is -0.395 e. The molecule has 0 saturated carbocycles. The highest BCUT2D eigenvalue weighted by atomic mass is 16.3. The molecule has 1 aliphatic rings. The third-order valence-corrected chi connectivity index (χ3v) is 6.60. The molecule has 0 bridgehead atoms. The van der Waals surface area contributed by atoms with Crippen molar-refractivity contribution in [2.24, 2.45) is 0 Å². The van der Waals surface area contributed by atoms with E-state index < -0.39 is 18.1 Å². The Morgan fingerprint density at radius 1 is 1.22 bits per heavy atom. The summed E-state index contributed by atoms with van der Waals surface area (Å²) < 4.78 is 1.96. The van der Waals surface area contributed by atoms with Gasteiger partial charge in [-0.05, 0) is 49.6 Å². The normalized spacial score (nSPS) is 16.7. The Balaban J connectivity index is 1.50. The van der Waals surface area contributed by atoms with Crippen LogP contribution in [0.5, 0.6) is 0 Å². The number of hydrogen-bond donors (Lipinski definition) is 5. The van der Waals surface area contributed by atoms with Crippen molar-refractivity contribution in [3.63, 3.8) is 0 Å². The Bertz CT molecular complexity index is 1450. The van der Waals surface area contributed by atoms with Crippen LogP contribution in [-0.4, -0.2) is 55.1 Å². The number of aliphatic hydroxyl groups excluding tert-OH is 2. The Kier molecular flexibility index (Phi) is 6.77. The second kappa shape index (κ2) is 10.2. The van der Waals surface area contributed by atoms with Crippen molar-refractivity contribution in [2.75, 3.05) is 23.8 Å². The minimum atomic E-state index is -0.668. The van der Waals surface area contributed by atoms with Crippen LogP contribution in [0.15, 0.2) is 48.8 Å². The van der Waals surface area contributed by atoms with E-state index in [0.29, 0.717) is 18.2 Å². The fraction of sp³-hybridized carbons (Fsp3) is 0.333. The molecule has 2 heterocycles. The fourth-order valence-corrected chi connectivity index (χ4v) is 4.75. The zero-order valence-corrected chi connectivity index (χ0v) is 21.1. The summed E-state index contributed by atoms with van der Waals surface area (Å²) in [6, 6.07) is 11.7. The monoisotopic (exact) mass is 501 g/mol. The molecule has 5 N–H and O–H groups in total. The lowest BCUT2D eigenvalue weighted by atomic mass is 10.1. The standard InChI is InChI=1S/C27H31N7O3/c1-15(2)34-22-12-21(16(3)10-18(22)13-30-34)31-27-29-14-20(26(37)28-8-9-35)25(33-27)32-24-19-7-5-4-6-17(19)11-23(24)36/h4-7,10,12-15,23-24,35-36H,8-9,11H2,1-3H3,(H,28,37)(H2,29,31,32,33)/t23-,24+/m1/s1. The molecule has 1 aliphatic carbocycles. The van der Waals surface area contributed by atoms with Crippen LogP contribution in [0.1, 0.15) is 53.0 Å². The summed E-state index contributed by atoms with van der Waals surface area (Å²) in [5, 5.41) is 34.7. The zero-order chi connectivity index (χ0) is 26.1. The number of anilines is 3. The van der Waals surface area contributed by atoms with Gasteiger partial charge in [-0.1, -0.05) is 24.3 Å². The summed E-state index contributed by atoms with van der Waals surface area (Å²) >= 11 is 0. The minimum absolute atomic E-state index is 0.107. The van der Waals surface area contributed by atoms with Gasteiger partial charge in [0.25, 0.3) is 5.91 Å². The second-order valence-electron chi connectivity index (χ2n) is 9.56. The predicted molar refractivity (Wildman–Crippen MR) is 142 cm³/mol. The van der Waals surface area contributed by atoms with Gasteiger partial charge in [0.15, 0.2) is 0 Å². The quantitative estimate of drug-likeness (QED) is 0.248. The molecule has 0 fully saturated rings. The average Bonchev–Trinajstić information content (AvgIpc) is 3.43. The van der Waals surface area contributed by atoms with Gasteiger partial charge in [-0.15, -0.1) is 0 Å². The van der Waals surface area contributed by atoms with E-state index in [0.717, 1.165) is 33.3 Å². The SMILES string of the molecule is Cc1cc2cnn(C(C)C)c2cc1Nc1ncc(C(=O)NCCO)c(N[C@H]2c3ccccc3C[C@H]2O)n1. The van der Waals surface area contributed by atoms with Gasteiger partial charge in [-0.2, -0.15) is 10.1 Å². The number of carbonyl (C=O) groups excluding carboxylic acids is 1. The molecular formula is C27H31N7O3. The highest BCUT2D eigenvalue weighted by Gasteiger charge is 2.32. The average molecular weight is 502 g/mol. The number of nitrogens with zero attached hydrogens (tertiary/aromatic N) is 4. The highest BCUT2D eigenvalue weighted by Crippen LogP contribution is 2.35. The third kappa shape index (κ3) is 4.85. The molecule has 10 heteroatoms. The van der Waals surface area contributed by atoms with Crippen molar-refractivity contribution in [3.05, 3.63) is 71.0 Å². The van der Waals surface area contributed by atoms with Crippen LogP contribution in [0.2, 0.25) is 0 Å². The molecule has 0 unspecified atom stereocenters. The third-order valence-electron chi connectivity index (χ3n) is 6.60. The Hall–Kier alpha value is -4.02. The van der Waals surface area contributed by atoms with Crippen LogP contribution in [0.3, 0.4) is 0 Å². The molecule has 0 saturated heterocycles. The zero-order valence-electron chi connectivity index (χ0n) is 21.1. The lowest BCUT2D eigenvalue weighted by Crippen LogP contribution is -2.29. The molecule has 2 aromatic carbocycles. The number of benzene rings is 2. The molecule has 1 amide bonds. The van der Waals surface area contributed by atoms with E-state index in [1.165, 1.54) is 6.20 Å². The van der Waals surface area contributed by atoms with Crippen LogP contribution in [0.4, 0.5) is 17.5 Å². The van der Waals surface area contributed by atoms with Gasteiger partial charge in [-0.3, -0.25) is 9.48 Å². The maximum atomic E-state index is 12.8. The van der Waals surface area contributed by atoms with Crippen molar-refractivity contribution in [1.29, 1.82) is 0 Å². The molecule has 10 nitrogen and oxygen atoms in total. The van der Waals surface area contributed by atoms with Crippen LogP contribution in [0.25, 0.3) is 10.9 Å². The number of carbonyl (C=O) groups is 1. The Morgan fingerprint density at radius 2 is 2.03 bits per heavy atom. The molecule has 0 spiro atoms. The number of aliphatic hydroxyl groups is 2. The number of rotatable bonds is 8. The molecule has 2 atom stereocenters. The summed E-state index contributed by atoms with van der Waals surface area (Å²) in [5.74, 6) is 0.182. The topological polar surface area (TPSA) is 137 Å². The molecule has 0 radical (unpaired) electrons. The molecule has 2 aromatic heterocycles. The number of aromatic nitrogens is 4. The van der Waals surface area contributed by atoms with Crippen LogP contribution in [-0.2, 0) is 6.42 Å². The first-order chi connectivity index (χ1) is 17.9. The van der Waals surface area contributed by atoms with Crippen molar-refractivity contribution < 1.29 is 15.0 Å². The Morgan fingerprint density at radius 3 is 2.81 bits per heavy atom. The van der Waals surface area contributed by atoms with Gasteiger partial charge in [0, 0.05) is 36.3 Å². The van der Waals surface area contributed by atoms with Crippen LogP contribution >= 0.6 is 0 Å². The summed E-state index contributed by atoms with van der Waals surface area (Å²) in [6.07, 6.45) is 3.15. The van der Waals surface area contributed by atoms with E-state index in [9.17, 15) is 9.90 Å². The fourth-order valence-electron chi connectivity index (χ4n) is 4.75. The number of aryl methyl sites for hydroxylation is 1. The Labute approximate surface area is 214 Å². The van der Waals surface area contributed by atoms with E-state index in [2.05, 4.69) is 50.9 Å². The molecular weight excluding hydrogens is 470 g/mol. The number of fused-ring (bicyclic) bond motifs is 2. The van der Waals surface area contributed by atoms with Gasteiger partial charge in [0.1, 0.15) is 11.4 Å². The van der Waals surface area contributed by atoms with Gasteiger partial charge in [0.05, 0.1) is 30.5 Å². The molecule has 0 aliphatic heterocycles. The van der Waals surface area contributed by atoms with Gasteiger partial charge < -0.3 is 26.2 Å². The lowest BCUT2D eigenvalue weighted by Gasteiger charge is -2.21. The highest BCUT2D eigenvalue weighted by molar-refractivity contribution is 5.98. The number of nitrogens with one attached hydrogen (secondary N) is 3. The summed E-state index contributed by atoms with van der Waals surface area (Å²) in [5.41, 5.74) is 5.06. The van der Waals surface area contributed by atoms with Gasteiger partial charge >= 0.3 is 0 Å². The van der Waals surface area contributed by atoms with E-state index in [1.54, 1.807) is 0 Å². The van der Waals surface area contributed by atoms with Crippen LogP contribution in [0, 0.1) is 6.92 Å². The summed E-state index contributed by atoms with van der Waals surface area (Å²) in [6.45, 7) is 6.08. The van der Waals surface area contributed by atoms with Crippen molar-refractivity contribution >= 4 is 34.3 Å².